The van der Waals surface area contributed by atoms with Crippen molar-refractivity contribution in [2.75, 3.05) is 0 Å². The fourth-order valence-corrected chi connectivity index (χ4v) is 2.07. The van der Waals surface area contributed by atoms with E-state index in [1.54, 1.807) is 27.8 Å². The third-order valence-electron chi connectivity index (χ3n) is 3.02. The Morgan fingerprint density at radius 2 is 1.82 bits per heavy atom. The maximum Gasteiger partial charge on any atom is 0.408 e. The summed E-state index contributed by atoms with van der Waals surface area (Å²) in [6.07, 6.45) is 0.692. The van der Waals surface area contributed by atoms with Crippen LogP contribution in [0.15, 0.2) is 6.20 Å². The molecular formula is C15H25N3O4. The normalized spacial score (nSPS) is 13.6. The topological polar surface area (TPSA) is 93.5 Å². The summed E-state index contributed by atoms with van der Waals surface area (Å²) < 4.78 is 6.74. The molecule has 22 heavy (non-hydrogen) atoms. The van der Waals surface area contributed by atoms with Gasteiger partial charge in [-0.1, -0.05) is 20.8 Å². The fourth-order valence-electron chi connectivity index (χ4n) is 2.07. The molecule has 0 aliphatic heterocycles. The lowest BCUT2D eigenvalue weighted by atomic mass is 9.83. The van der Waals surface area contributed by atoms with E-state index in [0.717, 1.165) is 0 Å². The van der Waals surface area contributed by atoms with Crippen LogP contribution in [0.3, 0.4) is 0 Å². The first-order valence-electron chi connectivity index (χ1n) is 7.07. The minimum absolute atomic E-state index is 0.0680. The van der Waals surface area contributed by atoms with Gasteiger partial charge in [0.05, 0.1) is 17.9 Å². The first-order valence-corrected chi connectivity index (χ1v) is 7.07. The van der Waals surface area contributed by atoms with Crippen molar-refractivity contribution in [3.63, 3.8) is 0 Å². The van der Waals surface area contributed by atoms with Crippen molar-refractivity contribution in [2.24, 2.45) is 12.5 Å². The van der Waals surface area contributed by atoms with E-state index in [-0.39, 0.29) is 5.56 Å². The molecule has 0 aromatic carbocycles. The average Bonchev–Trinajstić information content (AvgIpc) is 2.64. The molecule has 1 aromatic rings. The van der Waals surface area contributed by atoms with E-state index in [1.807, 2.05) is 20.8 Å². The van der Waals surface area contributed by atoms with Crippen LogP contribution in [-0.2, 0) is 11.8 Å². The van der Waals surface area contributed by atoms with Gasteiger partial charge in [-0.25, -0.2) is 9.59 Å². The third kappa shape index (κ3) is 4.47. The van der Waals surface area contributed by atoms with E-state index in [9.17, 15) is 14.7 Å². The number of ether oxygens (including phenoxy) is 1. The number of aryl methyl sites for hydroxylation is 1. The molecule has 7 heteroatoms. The highest BCUT2D eigenvalue weighted by Crippen LogP contribution is 2.34. The number of nitrogens with one attached hydrogen (secondary N) is 1. The predicted octanol–water partition coefficient (Wildman–Crippen LogP) is 2.73. The summed E-state index contributed by atoms with van der Waals surface area (Å²) in [5, 5.41) is 16.1. The van der Waals surface area contributed by atoms with Crippen LogP contribution in [0, 0.1) is 5.41 Å². The number of aromatic nitrogens is 2. The molecule has 1 heterocycles. The number of carbonyl (C=O) groups excluding carboxylic acids is 1. The van der Waals surface area contributed by atoms with Crippen molar-refractivity contribution < 1.29 is 19.4 Å². The quantitative estimate of drug-likeness (QED) is 0.895. The summed E-state index contributed by atoms with van der Waals surface area (Å²) in [5.74, 6) is -1.08. The highest BCUT2D eigenvalue weighted by atomic mass is 16.6. The number of amides is 1. The molecule has 0 aliphatic rings. The van der Waals surface area contributed by atoms with Gasteiger partial charge in [-0.3, -0.25) is 4.68 Å². The summed E-state index contributed by atoms with van der Waals surface area (Å²) in [6, 6.07) is -0.555. The van der Waals surface area contributed by atoms with Gasteiger partial charge in [-0.2, -0.15) is 5.10 Å². The van der Waals surface area contributed by atoms with E-state index >= 15 is 0 Å². The number of carboxylic acids is 1. The lowest BCUT2D eigenvalue weighted by Crippen LogP contribution is -2.41. The van der Waals surface area contributed by atoms with Crippen molar-refractivity contribution in [3.8, 4) is 0 Å². The van der Waals surface area contributed by atoms with Crippen LogP contribution < -0.4 is 5.32 Å². The zero-order valence-corrected chi connectivity index (χ0v) is 14.2. The second-order valence-corrected chi connectivity index (χ2v) is 7.32. The van der Waals surface area contributed by atoms with Gasteiger partial charge in [0.15, 0.2) is 0 Å². The van der Waals surface area contributed by atoms with Crippen molar-refractivity contribution in [3.05, 3.63) is 17.5 Å². The number of rotatable bonds is 3. The van der Waals surface area contributed by atoms with Gasteiger partial charge >= 0.3 is 12.1 Å². The van der Waals surface area contributed by atoms with Gasteiger partial charge in [0, 0.05) is 7.05 Å². The van der Waals surface area contributed by atoms with Crippen LogP contribution in [0.1, 0.15) is 63.6 Å². The van der Waals surface area contributed by atoms with Gasteiger partial charge in [0.25, 0.3) is 0 Å². The monoisotopic (exact) mass is 311 g/mol. The van der Waals surface area contributed by atoms with Crippen molar-refractivity contribution in [1.29, 1.82) is 0 Å². The van der Waals surface area contributed by atoms with Crippen LogP contribution in [0.2, 0.25) is 0 Å². The fraction of sp³-hybridized carbons (Fsp3) is 0.667. The maximum absolute atomic E-state index is 12.1. The molecule has 0 spiro atoms. The van der Waals surface area contributed by atoms with E-state index in [4.69, 9.17) is 4.74 Å². The van der Waals surface area contributed by atoms with E-state index < -0.39 is 29.1 Å². The van der Waals surface area contributed by atoms with Crippen LogP contribution in [-0.4, -0.2) is 32.6 Å². The number of carboxylic acid groups (broad SMARTS) is 1. The van der Waals surface area contributed by atoms with Gasteiger partial charge in [0.1, 0.15) is 11.2 Å². The first-order chi connectivity index (χ1) is 9.83. The summed E-state index contributed by atoms with van der Waals surface area (Å²) in [5.41, 5.74) is -0.548. The molecule has 0 saturated heterocycles. The van der Waals surface area contributed by atoms with E-state index in [1.165, 1.54) is 10.9 Å². The lowest BCUT2D eigenvalue weighted by Gasteiger charge is -2.32. The molecular weight excluding hydrogens is 286 g/mol. The Hall–Kier alpha value is -2.05. The molecule has 1 unspecified atom stereocenters. The summed E-state index contributed by atoms with van der Waals surface area (Å²) in [6.45, 7) is 11.0. The molecule has 7 nitrogen and oxygen atoms in total. The van der Waals surface area contributed by atoms with Crippen LogP contribution in [0.4, 0.5) is 4.79 Å². The van der Waals surface area contributed by atoms with Crippen molar-refractivity contribution >= 4 is 12.1 Å². The Labute approximate surface area is 130 Å². The second-order valence-electron chi connectivity index (χ2n) is 7.32. The van der Waals surface area contributed by atoms with Crippen molar-refractivity contribution in [1.82, 2.24) is 15.1 Å². The van der Waals surface area contributed by atoms with Gasteiger partial charge in [0.2, 0.25) is 0 Å². The van der Waals surface area contributed by atoms with Crippen LogP contribution in [0.25, 0.3) is 0 Å². The largest absolute Gasteiger partial charge is 0.478 e. The zero-order chi connectivity index (χ0) is 17.3. The zero-order valence-electron chi connectivity index (χ0n) is 14.2. The van der Waals surface area contributed by atoms with Crippen molar-refractivity contribution in [2.45, 2.75) is 53.2 Å². The molecule has 1 aromatic heterocycles. The maximum atomic E-state index is 12.1. The van der Waals surface area contributed by atoms with Gasteiger partial charge < -0.3 is 15.2 Å². The minimum Gasteiger partial charge on any atom is -0.478 e. The molecule has 0 saturated carbocycles. The molecule has 0 fully saturated rings. The Morgan fingerprint density at radius 3 is 2.23 bits per heavy atom. The minimum atomic E-state index is -1.08. The molecule has 2 N–H and O–H groups in total. The molecule has 0 radical (unpaired) electrons. The predicted molar refractivity (Wildman–Crippen MR) is 81.7 cm³/mol. The summed E-state index contributed by atoms with van der Waals surface area (Å²) >= 11 is 0. The number of nitrogens with zero attached hydrogens (tertiary/aromatic N) is 2. The number of carbonyl (C=O) groups is 2. The highest BCUT2D eigenvalue weighted by molar-refractivity contribution is 5.89. The summed E-state index contributed by atoms with van der Waals surface area (Å²) in [7, 11) is 1.65. The number of hydrogen-bond donors (Lipinski definition) is 2. The molecule has 1 atom stereocenters. The number of aromatic carboxylic acids is 1. The SMILES string of the molecule is Cn1ncc(C(=O)O)c1C(NC(=O)OC(C)(C)C)C(C)(C)C. The Kier molecular flexibility index (Phi) is 4.89. The first kappa shape index (κ1) is 18.0. The number of hydrogen-bond acceptors (Lipinski definition) is 4. The molecule has 0 aliphatic carbocycles. The Morgan fingerprint density at radius 1 is 1.27 bits per heavy atom. The number of alkyl carbamates (subject to hydrolysis) is 1. The molecule has 0 bridgehead atoms. The highest BCUT2D eigenvalue weighted by Gasteiger charge is 2.35. The van der Waals surface area contributed by atoms with Crippen LogP contribution in [0.5, 0.6) is 0 Å². The standard InChI is InChI=1S/C15H25N3O4/c1-14(2,3)11(17-13(21)22-15(4,5)6)10-9(12(19)20)8-16-18(10)7/h8,11H,1-7H3,(H,17,21)(H,19,20). The lowest BCUT2D eigenvalue weighted by molar-refractivity contribution is 0.0454. The second kappa shape index (κ2) is 5.98. The average molecular weight is 311 g/mol. The third-order valence-corrected chi connectivity index (χ3v) is 3.02. The molecule has 1 amide bonds. The van der Waals surface area contributed by atoms with Gasteiger partial charge in [-0.05, 0) is 26.2 Å². The Bertz CT molecular complexity index is 564. The van der Waals surface area contributed by atoms with Crippen LogP contribution >= 0.6 is 0 Å². The smallest absolute Gasteiger partial charge is 0.408 e. The van der Waals surface area contributed by atoms with Gasteiger partial charge in [-0.15, -0.1) is 0 Å². The Balaban J connectivity index is 3.19. The molecule has 124 valence electrons. The summed E-state index contributed by atoms with van der Waals surface area (Å²) in [4.78, 5) is 23.5. The van der Waals surface area contributed by atoms with E-state index in [0.29, 0.717) is 5.69 Å². The molecule has 1 rings (SSSR count). The van der Waals surface area contributed by atoms with E-state index in [2.05, 4.69) is 10.4 Å².